The van der Waals surface area contributed by atoms with E-state index in [1.165, 1.54) is 11.1 Å². The van der Waals surface area contributed by atoms with Crippen molar-refractivity contribution in [2.75, 3.05) is 0 Å². The van der Waals surface area contributed by atoms with Gasteiger partial charge in [-0.15, -0.1) is 0 Å². The highest BCUT2D eigenvalue weighted by molar-refractivity contribution is 5.88. The van der Waals surface area contributed by atoms with Gasteiger partial charge in [0.25, 0.3) is 0 Å². The third-order valence-corrected chi connectivity index (χ3v) is 4.29. The quantitative estimate of drug-likeness (QED) is 0.787. The Balaban J connectivity index is 1.95. The Labute approximate surface area is 138 Å². The van der Waals surface area contributed by atoms with Gasteiger partial charge in [-0.25, -0.2) is 0 Å². The van der Waals surface area contributed by atoms with Gasteiger partial charge in [-0.3, -0.25) is 9.59 Å². The van der Waals surface area contributed by atoms with Gasteiger partial charge in [0.05, 0.1) is 6.04 Å². The van der Waals surface area contributed by atoms with Gasteiger partial charge in [-0.2, -0.15) is 0 Å². The maximum atomic E-state index is 12.4. The molecule has 0 saturated carbocycles. The molecule has 124 valence electrons. The van der Waals surface area contributed by atoms with Gasteiger partial charge in [-0.1, -0.05) is 43.7 Å². The first kappa shape index (κ1) is 17.4. The Morgan fingerprint density at radius 3 is 2.39 bits per heavy atom. The predicted octanol–water partition coefficient (Wildman–Crippen LogP) is 2.81. The minimum atomic E-state index is -0.438. The molecule has 2 rings (SSSR count). The number of nitrogens with two attached hydrogens (primary N) is 1. The Morgan fingerprint density at radius 1 is 1.26 bits per heavy atom. The molecule has 0 bridgehead atoms. The maximum absolute atomic E-state index is 12.4. The molecule has 0 aliphatic carbocycles. The minimum Gasteiger partial charge on any atom is -0.330 e. The largest absolute Gasteiger partial charge is 0.330 e. The number of carbonyl (C=O) groups is 2. The molecule has 0 unspecified atom stereocenters. The molecule has 0 fully saturated rings. The van der Waals surface area contributed by atoms with Crippen LogP contribution in [0.25, 0.3) is 0 Å². The van der Waals surface area contributed by atoms with Crippen molar-refractivity contribution in [1.82, 2.24) is 4.90 Å². The van der Waals surface area contributed by atoms with Gasteiger partial charge in [-0.05, 0) is 36.5 Å². The summed E-state index contributed by atoms with van der Waals surface area (Å²) in [5.74, 6) is 0.150. The smallest absolute Gasteiger partial charge is 0.246 e. The number of allylic oxidation sites excluding steroid dienone is 1. The van der Waals surface area contributed by atoms with Gasteiger partial charge in [0.2, 0.25) is 5.91 Å². The molecule has 1 aromatic rings. The summed E-state index contributed by atoms with van der Waals surface area (Å²) in [6.07, 6.45) is 5.79. The molecule has 0 radical (unpaired) electrons. The first-order valence-electron chi connectivity index (χ1n) is 8.33. The average molecular weight is 314 g/mol. The van der Waals surface area contributed by atoms with Crippen molar-refractivity contribution in [2.24, 2.45) is 11.7 Å². The minimum absolute atomic E-state index is 0.00977. The molecule has 1 amide bonds. The highest BCUT2D eigenvalue weighted by Gasteiger charge is 2.21. The van der Waals surface area contributed by atoms with Crippen molar-refractivity contribution >= 4 is 11.7 Å². The standard InChI is InChI=1S/C19H26N2O2/c1-3-6-15(11-18(22)14(2)20)9-10-19(23)21-12-16-7-4-5-8-17(16)13-21/h4-5,7-10,14-15H,3,6,11-13,20H2,1-2H3/b10-9+/t14-,15-/m0/s1. The van der Waals surface area contributed by atoms with E-state index in [2.05, 4.69) is 19.1 Å². The van der Waals surface area contributed by atoms with Gasteiger partial charge in [0.15, 0.2) is 0 Å². The molecule has 0 aromatic heterocycles. The molecule has 2 N–H and O–H groups in total. The second-order valence-electron chi connectivity index (χ2n) is 6.33. The van der Waals surface area contributed by atoms with Crippen LogP contribution in [-0.4, -0.2) is 22.6 Å². The number of hydrogen-bond acceptors (Lipinski definition) is 3. The van der Waals surface area contributed by atoms with E-state index in [9.17, 15) is 9.59 Å². The fourth-order valence-electron chi connectivity index (χ4n) is 2.89. The number of hydrogen-bond donors (Lipinski definition) is 1. The Hall–Kier alpha value is -1.94. The normalized spacial score (nSPS) is 16.4. The van der Waals surface area contributed by atoms with E-state index in [-0.39, 0.29) is 17.6 Å². The van der Waals surface area contributed by atoms with E-state index in [1.54, 1.807) is 13.0 Å². The van der Waals surface area contributed by atoms with Gasteiger partial charge >= 0.3 is 0 Å². The lowest BCUT2D eigenvalue weighted by Gasteiger charge is -2.15. The summed E-state index contributed by atoms with van der Waals surface area (Å²) in [6.45, 7) is 5.12. The summed E-state index contributed by atoms with van der Waals surface area (Å²) < 4.78 is 0. The molecule has 4 nitrogen and oxygen atoms in total. The van der Waals surface area contributed by atoms with E-state index in [1.807, 2.05) is 23.1 Å². The molecular formula is C19H26N2O2. The zero-order chi connectivity index (χ0) is 16.8. The predicted molar refractivity (Wildman–Crippen MR) is 91.5 cm³/mol. The number of amides is 1. The summed E-state index contributed by atoms with van der Waals surface area (Å²) in [5.41, 5.74) is 8.06. The van der Waals surface area contributed by atoms with Crippen LogP contribution in [-0.2, 0) is 22.7 Å². The number of ketones is 1. The second-order valence-corrected chi connectivity index (χ2v) is 6.33. The molecule has 0 spiro atoms. The van der Waals surface area contributed by atoms with Crippen molar-refractivity contribution in [1.29, 1.82) is 0 Å². The highest BCUT2D eigenvalue weighted by Crippen LogP contribution is 2.22. The maximum Gasteiger partial charge on any atom is 0.246 e. The first-order valence-corrected chi connectivity index (χ1v) is 8.33. The molecule has 1 aromatic carbocycles. The van der Waals surface area contributed by atoms with Crippen molar-refractivity contribution in [2.45, 2.75) is 52.2 Å². The van der Waals surface area contributed by atoms with Crippen LogP contribution >= 0.6 is 0 Å². The van der Waals surface area contributed by atoms with Gasteiger partial charge < -0.3 is 10.6 Å². The van der Waals surface area contributed by atoms with E-state index < -0.39 is 6.04 Å². The van der Waals surface area contributed by atoms with Crippen LogP contribution in [0, 0.1) is 5.92 Å². The number of Topliss-reactive ketones (excluding diaryl/α,β-unsaturated/α-hetero) is 1. The number of fused-ring (bicyclic) bond motifs is 1. The summed E-state index contributed by atoms with van der Waals surface area (Å²) in [7, 11) is 0. The molecule has 2 atom stereocenters. The third-order valence-electron chi connectivity index (χ3n) is 4.29. The van der Waals surface area contributed by atoms with Crippen molar-refractivity contribution in [3.8, 4) is 0 Å². The van der Waals surface area contributed by atoms with Crippen LogP contribution in [0.4, 0.5) is 0 Å². The van der Waals surface area contributed by atoms with Crippen LogP contribution in [0.15, 0.2) is 36.4 Å². The van der Waals surface area contributed by atoms with Crippen LogP contribution in [0.3, 0.4) is 0 Å². The lowest BCUT2D eigenvalue weighted by molar-refractivity contribution is -0.126. The third kappa shape index (κ3) is 4.76. The SMILES string of the molecule is CCC[C@@H](/C=C/C(=O)N1Cc2ccccc2C1)CC(=O)[C@H](C)N. The Bertz CT molecular complexity index is 568. The molecular weight excluding hydrogens is 288 g/mol. The zero-order valence-electron chi connectivity index (χ0n) is 14.0. The molecule has 1 aliphatic heterocycles. The fraction of sp³-hybridized carbons (Fsp3) is 0.474. The Kier molecular flexibility index (Phi) is 6.11. The summed E-state index contributed by atoms with van der Waals surface area (Å²) in [5, 5.41) is 0. The average Bonchev–Trinajstić information content (AvgIpc) is 2.96. The molecule has 1 heterocycles. The van der Waals surface area contributed by atoms with Crippen LogP contribution in [0.5, 0.6) is 0 Å². The van der Waals surface area contributed by atoms with E-state index >= 15 is 0 Å². The topological polar surface area (TPSA) is 63.4 Å². The Morgan fingerprint density at radius 2 is 1.87 bits per heavy atom. The highest BCUT2D eigenvalue weighted by atomic mass is 16.2. The zero-order valence-corrected chi connectivity index (χ0v) is 14.0. The van der Waals surface area contributed by atoms with Gasteiger partial charge in [0, 0.05) is 19.5 Å². The van der Waals surface area contributed by atoms with Crippen LogP contribution < -0.4 is 5.73 Å². The monoisotopic (exact) mass is 314 g/mol. The van der Waals surface area contributed by atoms with Crippen molar-refractivity contribution in [3.05, 3.63) is 47.5 Å². The number of benzene rings is 1. The van der Waals surface area contributed by atoms with Crippen molar-refractivity contribution < 1.29 is 9.59 Å². The summed E-state index contributed by atoms with van der Waals surface area (Å²) in [4.78, 5) is 26.0. The van der Waals surface area contributed by atoms with Gasteiger partial charge in [0.1, 0.15) is 5.78 Å². The van der Waals surface area contributed by atoms with E-state index in [0.29, 0.717) is 19.5 Å². The lowest BCUT2D eigenvalue weighted by Crippen LogP contribution is -2.28. The second kappa shape index (κ2) is 8.06. The number of carbonyl (C=O) groups excluding carboxylic acids is 2. The molecule has 4 heteroatoms. The number of rotatable bonds is 7. The van der Waals surface area contributed by atoms with Crippen LogP contribution in [0.1, 0.15) is 44.2 Å². The van der Waals surface area contributed by atoms with Crippen molar-refractivity contribution in [3.63, 3.8) is 0 Å². The first-order chi connectivity index (χ1) is 11.0. The number of nitrogens with zero attached hydrogens (tertiary/aromatic N) is 1. The van der Waals surface area contributed by atoms with E-state index in [0.717, 1.165) is 12.8 Å². The summed E-state index contributed by atoms with van der Waals surface area (Å²) in [6, 6.07) is 7.69. The fourth-order valence-corrected chi connectivity index (χ4v) is 2.89. The van der Waals surface area contributed by atoms with E-state index in [4.69, 9.17) is 5.73 Å². The molecule has 0 saturated heterocycles. The van der Waals surface area contributed by atoms with Crippen LogP contribution in [0.2, 0.25) is 0 Å². The molecule has 23 heavy (non-hydrogen) atoms. The molecule has 1 aliphatic rings. The lowest BCUT2D eigenvalue weighted by atomic mass is 9.94. The summed E-state index contributed by atoms with van der Waals surface area (Å²) >= 11 is 0.